The van der Waals surface area contributed by atoms with Gasteiger partial charge >= 0.3 is 23.9 Å². The van der Waals surface area contributed by atoms with Crippen molar-refractivity contribution in [2.24, 2.45) is 0 Å². The van der Waals surface area contributed by atoms with Crippen LogP contribution >= 0.6 is 0 Å². The summed E-state index contributed by atoms with van der Waals surface area (Å²) in [6.45, 7) is 3.70. The van der Waals surface area contributed by atoms with Gasteiger partial charge in [-0.2, -0.15) is 0 Å². The number of carbonyl (C=O) groups excluding carboxylic acids is 4. The molecule has 7 rings (SSSR count). The maximum atomic E-state index is 12.8. The Kier molecular flexibility index (Phi) is 17.7. The van der Waals surface area contributed by atoms with Gasteiger partial charge in [-0.15, -0.1) is 0 Å². The van der Waals surface area contributed by atoms with E-state index in [0.29, 0.717) is 74.6 Å². The predicted molar refractivity (Wildman–Crippen MR) is 249 cm³/mol. The zero-order valence-electron chi connectivity index (χ0n) is 36.1. The van der Waals surface area contributed by atoms with Gasteiger partial charge < -0.3 is 30.4 Å². The fourth-order valence-electron chi connectivity index (χ4n) is 5.97. The van der Waals surface area contributed by atoms with E-state index in [1.807, 2.05) is 38.1 Å². The fraction of sp³-hybridized carbons (Fsp3) is 0.170. The van der Waals surface area contributed by atoms with Crippen LogP contribution in [-0.2, 0) is 32.3 Å². The Hall–Kier alpha value is -7.79. The Bertz CT molecular complexity index is 2380. The molecule has 6 aromatic carbocycles. The molecule has 0 atom stereocenters. The highest BCUT2D eigenvalue weighted by Crippen LogP contribution is 2.31. The lowest BCUT2D eigenvalue weighted by Gasteiger charge is -2.15. The monoisotopic (exact) mass is 862 g/mol. The summed E-state index contributed by atoms with van der Waals surface area (Å²) in [5.74, 6) is -1.36. The number of ether oxygens (including phenoxy) is 4. The van der Waals surface area contributed by atoms with Crippen LogP contribution in [-0.4, -0.2) is 31.1 Å². The lowest BCUT2D eigenvalue weighted by atomic mass is 9.95. The molecule has 0 aromatic heterocycles. The molecule has 1 fully saturated rings. The van der Waals surface area contributed by atoms with Crippen LogP contribution < -0.4 is 20.9 Å². The van der Waals surface area contributed by atoms with Gasteiger partial charge in [0.2, 0.25) is 0 Å². The van der Waals surface area contributed by atoms with E-state index >= 15 is 0 Å². The molecule has 0 saturated heterocycles. The number of hydrogen-bond donors (Lipinski definition) is 2. The molecule has 0 bridgehead atoms. The van der Waals surface area contributed by atoms with Crippen molar-refractivity contribution in [3.63, 3.8) is 0 Å². The highest BCUT2D eigenvalue weighted by Gasteiger charge is 2.15. The summed E-state index contributed by atoms with van der Waals surface area (Å²) in [7, 11) is 0.500. The molecule has 0 unspecified atom stereocenters. The summed E-state index contributed by atoms with van der Waals surface area (Å²) in [5.41, 5.74) is 20.2. The minimum absolute atomic E-state index is 0.0896. The van der Waals surface area contributed by atoms with Crippen molar-refractivity contribution < 1.29 is 42.5 Å². The van der Waals surface area contributed by atoms with Crippen molar-refractivity contribution >= 4 is 47.4 Å². The molecule has 4 N–H and O–H groups in total. The third-order valence-electron chi connectivity index (χ3n) is 9.87. The summed E-state index contributed by atoms with van der Waals surface area (Å²) in [4.78, 5) is 50.4. The third kappa shape index (κ3) is 14.7. The van der Waals surface area contributed by atoms with E-state index in [1.165, 1.54) is 37.8 Å². The van der Waals surface area contributed by atoms with Crippen molar-refractivity contribution in [2.75, 3.05) is 18.6 Å². The van der Waals surface area contributed by atoms with Gasteiger partial charge in [-0.05, 0) is 132 Å². The van der Waals surface area contributed by atoms with Gasteiger partial charge in [-0.25, -0.2) is 19.2 Å². The molecule has 0 radical (unpaired) electrons. The van der Waals surface area contributed by atoms with E-state index in [-0.39, 0.29) is 13.2 Å². The number of esters is 4. The predicted octanol–water partition coefficient (Wildman–Crippen LogP) is 11.2. The number of rotatable bonds is 13. The molecular formula is C53H51FN2O8. The summed E-state index contributed by atoms with van der Waals surface area (Å²) in [5, 5.41) is 0. The fourth-order valence-corrected chi connectivity index (χ4v) is 5.97. The topological polar surface area (TPSA) is 157 Å². The maximum absolute atomic E-state index is 12.8. The number of benzene rings is 6. The standard InChI is InChI=1S/C48H40N2O8.C4H8.CH3F/c1-31-3-13-35(14-4-31)47(53)57-41-19-7-33(8-20-41)11-25-45(51)55-29-37-27-39(49)17-23-43(37)44-24-18-40(50)28-38(44)30-56-46(52)26-12-34-9-21-42(22-10-34)58-48(54)36-15-5-32(2)6-16-36;1-2-4-3-1;1-2/h3-28H,29-30,49-50H2,1-2H3;1-4H2;1H3/b25-11+,26-12+;;. The van der Waals surface area contributed by atoms with Crippen LogP contribution in [0.5, 0.6) is 11.5 Å². The molecular weight excluding hydrogens is 812 g/mol. The Morgan fingerprint density at radius 3 is 1.17 bits per heavy atom. The zero-order chi connectivity index (χ0) is 45.8. The van der Waals surface area contributed by atoms with Crippen LogP contribution in [0.25, 0.3) is 23.3 Å². The van der Waals surface area contributed by atoms with Crippen LogP contribution in [0, 0.1) is 13.8 Å². The Morgan fingerprint density at radius 1 is 0.500 bits per heavy atom. The molecule has 10 nitrogen and oxygen atoms in total. The van der Waals surface area contributed by atoms with E-state index in [9.17, 15) is 23.6 Å². The Morgan fingerprint density at radius 2 is 0.844 bits per heavy atom. The second-order valence-electron chi connectivity index (χ2n) is 14.8. The van der Waals surface area contributed by atoms with Crippen molar-refractivity contribution in [1.29, 1.82) is 0 Å². The van der Waals surface area contributed by atoms with Gasteiger partial charge in [0.05, 0.1) is 18.3 Å². The molecule has 0 heterocycles. The minimum Gasteiger partial charge on any atom is -0.458 e. The van der Waals surface area contributed by atoms with E-state index in [0.717, 1.165) is 11.1 Å². The first-order valence-corrected chi connectivity index (χ1v) is 20.6. The smallest absolute Gasteiger partial charge is 0.343 e. The zero-order valence-corrected chi connectivity index (χ0v) is 36.1. The lowest BCUT2D eigenvalue weighted by Crippen LogP contribution is -2.08. The number of aryl methyl sites for hydroxylation is 2. The third-order valence-corrected chi connectivity index (χ3v) is 9.87. The minimum atomic E-state index is -0.584. The first-order valence-electron chi connectivity index (χ1n) is 20.6. The molecule has 64 heavy (non-hydrogen) atoms. The molecule has 0 amide bonds. The van der Waals surface area contributed by atoms with E-state index < -0.39 is 23.9 Å². The van der Waals surface area contributed by atoms with Gasteiger partial charge in [0.1, 0.15) is 24.7 Å². The van der Waals surface area contributed by atoms with E-state index in [1.54, 1.807) is 121 Å². The van der Waals surface area contributed by atoms with Gasteiger partial charge in [0.25, 0.3) is 0 Å². The number of halogens is 1. The summed E-state index contributed by atoms with van der Waals surface area (Å²) < 4.78 is 31.6. The van der Waals surface area contributed by atoms with E-state index in [2.05, 4.69) is 0 Å². The number of nitrogen functional groups attached to an aromatic ring is 2. The van der Waals surface area contributed by atoms with Crippen molar-refractivity contribution in [2.45, 2.75) is 52.7 Å². The second kappa shape index (κ2) is 24.0. The molecule has 1 saturated carbocycles. The Balaban J connectivity index is 0.00000120. The first kappa shape index (κ1) is 47.3. The number of anilines is 2. The van der Waals surface area contributed by atoms with Crippen molar-refractivity contribution in [3.05, 3.63) is 190 Å². The number of alkyl halides is 1. The van der Waals surface area contributed by atoms with Gasteiger partial charge in [-0.1, -0.05) is 97.5 Å². The average molecular weight is 863 g/mol. The number of hydrogen-bond acceptors (Lipinski definition) is 10. The second-order valence-corrected chi connectivity index (χ2v) is 14.8. The van der Waals surface area contributed by atoms with Gasteiger partial charge in [0, 0.05) is 23.5 Å². The SMILES string of the molecule is C1CCC1.CF.Cc1ccc(C(=O)Oc2ccc(/C=C/C(=O)OCc3cc(N)ccc3-c3ccc(N)cc3COC(=O)/C=C/c3ccc(OC(=O)c4ccc(C)cc4)cc3)cc2)cc1. The van der Waals surface area contributed by atoms with Gasteiger partial charge in [0.15, 0.2) is 0 Å². The van der Waals surface area contributed by atoms with Gasteiger partial charge in [-0.3, -0.25) is 4.39 Å². The van der Waals surface area contributed by atoms with Crippen LogP contribution in [0.1, 0.15) is 79.8 Å². The quantitative estimate of drug-likeness (QED) is 0.0495. The van der Waals surface area contributed by atoms with Crippen molar-refractivity contribution in [3.8, 4) is 22.6 Å². The van der Waals surface area contributed by atoms with Crippen LogP contribution in [0.2, 0.25) is 0 Å². The number of carbonyl (C=O) groups is 4. The molecule has 328 valence electrons. The van der Waals surface area contributed by atoms with Crippen LogP contribution in [0.15, 0.2) is 146 Å². The largest absolute Gasteiger partial charge is 0.458 e. The maximum Gasteiger partial charge on any atom is 0.343 e. The molecule has 11 heteroatoms. The summed E-state index contributed by atoms with van der Waals surface area (Å²) in [6, 6.07) is 38.1. The summed E-state index contributed by atoms with van der Waals surface area (Å²) in [6.07, 6.45) is 11.8. The molecule has 0 spiro atoms. The average Bonchev–Trinajstić information content (AvgIpc) is 3.28. The van der Waals surface area contributed by atoms with E-state index in [4.69, 9.17) is 30.4 Å². The lowest BCUT2D eigenvalue weighted by molar-refractivity contribution is -0.139. The number of nitrogens with two attached hydrogens (primary N) is 2. The summed E-state index contributed by atoms with van der Waals surface area (Å²) >= 11 is 0. The molecule has 0 aliphatic heterocycles. The van der Waals surface area contributed by atoms with Crippen LogP contribution in [0.4, 0.5) is 15.8 Å². The van der Waals surface area contributed by atoms with Crippen molar-refractivity contribution in [1.82, 2.24) is 0 Å². The molecule has 1 aliphatic carbocycles. The molecule has 1 aliphatic rings. The normalized spacial score (nSPS) is 11.6. The highest BCUT2D eigenvalue weighted by atomic mass is 19.1. The highest BCUT2D eigenvalue weighted by molar-refractivity contribution is 5.92. The Labute approximate surface area is 372 Å². The van der Waals surface area contributed by atoms with Crippen LogP contribution in [0.3, 0.4) is 0 Å². The molecule has 6 aromatic rings. The first-order chi connectivity index (χ1) is 31.0.